The second kappa shape index (κ2) is 11.2. The van der Waals surface area contributed by atoms with Crippen molar-refractivity contribution < 1.29 is 19.1 Å². The first-order valence-corrected chi connectivity index (χ1v) is 11.7. The molecule has 0 fully saturated rings. The average molecular weight is 426 g/mol. The Morgan fingerprint density at radius 3 is 2.61 bits per heavy atom. The Morgan fingerprint density at radius 2 is 1.84 bits per heavy atom. The number of rotatable bonds is 10. The summed E-state index contributed by atoms with van der Waals surface area (Å²) in [5, 5.41) is 3.35. The van der Waals surface area contributed by atoms with Gasteiger partial charge in [0.25, 0.3) is 0 Å². The minimum atomic E-state index is -0.458. The van der Waals surface area contributed by atoms with Gasteiger partial charge in [0.05, 0.1) is 24.7 Å². The quantitative estimate of drug-likeness (QED) is 0.392. The SMILES string of the molecule is CCCCCOC(=O)C1=C(C)NC2=C(C(=O)CCC2)C1c1ccccc1OCCCC. The molecule has 0 radical (unpaired) electrons. The summed E-state index contributed by atoms with van der Waals surface area (Å²) in [5.74, 6) is 0.0305. The van der Waals surface area contributed by atoms with Crippen molar-refractivity contribution >= 4 is 11.8 Å². The Kier molecular flexibility index (Phi) is 8.33. The topological polar surface area (TPSA) is 64.6 Å². The smallest absolute Gasteiger partial charge is 0.336 e. The van der Waals surface area contributed by atoms with Crippen LogP contribution in [-0.2, 0) is 14.3 Å². The van der Waals surface area contributed by atoms with Gasteiger partial charge in [-0.1, -0.05) is 51.3 Å². The molecule has 5 nitrogen and oxygen atoms in total. The number of ketones is 1. The molecule has 0 saturated heterocycles. The lowest BCUT2D eigenvalue weighted by atomic mass is 9.75. The minimum Gasteiger partial charge on any atom is -0.493 e. The third kappa shape index (κ3) is 5.38. The molecule has 1 aliphatic carbocycles. The molecule has 3 rings (SSSR count). The molecular formula is C26H35NO4. The zero-order valence-electron chi connectivity index (χ0n) is 19.1. The van der Waals surface area contributed by atoms with Crippen molar-refractivity contribution in [3.8, 4) is 5.75 Å². The minimum absolute atomic E-state index is 0.103. The van der Waals surface area contributed by atoms with Crippen molar-refractivity contribution in [3.63, 3.8) is 0 Å². The standard InChI is InChI=1S/C26H35NO4/c1-4-6-10-17-31-26(29)23-18(3)27-20-13-11-14-21(28)25(20)24(23)19-12-8-9-15-22(19)30-16-7-5-2/h8-9,12,15,24,27H,4-7,10-11,13-14,16-17H2,1-3H3. The number of hydrogen-bond donors (Lipinski definition) is 1. The molecule has 1 N–H and O–H groups in total. The predicted molar refractivity (Wildman–Crippen MR) is 122 cm³/mol. The summed E-state index contributed by atoms with van der Waals surface area (Å²) >= 11 is 0. The van der Waals surface area contributed by atoms with E-state index in [1.54, 1.807) is 0 Å². The van der Waals surface area contributed by atoms with Crippen LogP contribution >= 0.6 is 0 Å². The van der Waals surface area contributed by atoms with Gasteiger partial charge in [-0.25, -0.2) is 4.79 Å². The number of para-hydroxylation sites is 1. The highest BCUT2D eigenvalue weighted by Crippen LogP contribution is 2.45. The van der Waals surface area contributed by atoms with Crippen molar-refractivity contribution in [2.45, 2.75) is 78.1 Å². The summed E-state index contributed by atoms with van der Waals surface area (Å²) in [4.78, 5) is 26.3. The summed E-state index contributed by atoms with van der Waals surface area (Å²) in [7, 11) is 0. The second-order valence-electron chi connectivity index (χ2n) is 8.35. The number of ether oxygens (including phenoxy) is 2. The number of dihydropyridines is 1. The van der Waals surface area contributed by atoms with Crippen LogP contribution in [0, 0.1) is 0 Å². The van der Waals surface area contributed by atoms with Gasteiger partial charge in [0.1, 0.15) is 5.75 Å². The third-order valence-corrected chi connectivity index (χ3v) is 5.96. The summed E-state index contributed by atoms with van der Waals surface area (Å²) in [6.07, 6.45) is 7.07. The largest absolute Gasteiger partial charge is 0.493 e. The van der Waals surface area contributed by atoms with Gasteiger partial charge < -0.3 is 14.8 Å². The summed E-state index contributed by atoms with van der Waals surface area (Å²) in [5.41, 5.74) is 3.79. The molecule has 1 aliphatic heterocycles. The summed E-state index contributed by atoms with van der Waals surface area (Å²) < 4.78 is 11.7. The maximum Gasteiger partial charge on any atom is 0.336 e. The lowest BCUT2D eigenvalue weighted by Crippen LogP contribution is -2.34. The van der Waals surface area contributed by atoms with Crippen LogP contribution in [0.4, 0.5) is 0 Å². The van der Waals surface area contributed by atoms with Gasteiger partial charge in [-0.3, -0.25) is 4.79 Å². The highest BCUT2D eigenvalue weighted by atomic mass is 16.5. The van der Waals surface area contributed by atoms with Crippen LogP contribution in [0.5, 0.6) is 5.75 Å². The van der Waals surface area contributed by atoms with Gasteiger partial charge in [0.2, 0.25) is 0 Å². The molecule has 1 unspecified atom stereocenters. The monoisotopic (exact) mass is 425 g/mol. The van der Waals surface area contributed by atoms with Gasteiger partial charge in [-0.05, 0) is 38.7 Å². The van der Waals surface area contributed by atoms with E-state index in [0.717, 1.165) is 67.7 Å². The molecule has 0 saturated carbocycles. The van der Waals surface area contributed by atoms with Gasteiger partial charge in [0, 0.05) is 29.0 Å². The summed E-state index contributed by atoms with van der Waals surface area (Å²) in [6.45, 7) is 7.15. The Morgan fingerprint density at radius 1 is 1.06 bits per heavy atom. The highest BCUT2D eigenvalue weighted by Gasteiger charge is 2.40. The maximum atomic E-state index is 13.2. The molecule has 2 aliphatic rings. The number of nitrogens with one attached hydrogen (secondary N) is 1. The first-order chi connectivity index (χ1) is 15.1. The molecule has 1 atom stereocenters. The fourth-order valence-corrected chi connectivity index (χ4v) is 4.34. The van der Waals surface area contributed by atoms with Gasteiger partial charge >= 0.3 is 5.97 Å². The Bertz CT molecular complexity index is 868. The van der Waals surface area contributed by atoms with Gasteiger partial charge in [-0.2, -0.15) is 0 Å². The summed E-state index contributed by atoms with van der Waals surface area (Å²) in [6, 6.07) is 7.78. The number of allylic oxidation sites excluding steroid dienone is 3. The fraction of sp³-hybridized carbons (Fsp3) is 0.538. The van der Waals surface area contributed by atoms with Crippen molar-refractivity contribution in [2.24, 2.45) is 0 Å². The molecule has 5 heteroatoms. The number of unbranched alkanes of at least 4 members (excludes halogenated alkanes) is 3. The van der Waals surface area contributed by atoms with Crippen LogP contribution in [0.1, 0.15) is 83.6 Å². The highest BCUT2D eigenvalue weighted by molar-refractivity contribution is 6.04. The van der Waals surface area contributed by atoms with E-state index in [2.05, 4.69) is 19.2 Å². The van der Waals surface area contributed by atoms with Crippen molar-refractivity contribution in [1.82, 2.24) is 5.32 Å². The Balaban J connectivity index is 2.00. The van der Waals surface area contributed by atoms with E-state index in [-0.39, 0.29) is 11.8 Å². The molecule has 0 amide bonds. The molecule has 0 spiro atoms. The Labute approximate surface area is 185 Å². The number of Topliss-reactive ketones (excluding diaryl/α,β-unsaturated/α-hetero) is 1. The number of esters is 1. The van der Waals surface area contributed by atoms with Crippen LogP contribution < -0.4 is 10.1 Å². The third-order valence-electron chi connectivity index (χ3n) is 5.96. The predicted octanol–water partition coefficient (Wildman–Crippen LogP) is 5.57. The van der Waals surface area contributed by atoms with Crippen LogP contribution in [-0.4, -0.2) is 25.0 Å². The van der Waals surface area contributed by atoms with Gasteiger partial charge in [0.15, 0.2) is 5.78 Å². The zero-order chi connectivity index (χ0) is 22.2. The molecule has 1 aromatic rings. The van der Waals surface area contributed by atoms with E-state index in [1.807, 2.05) is 31.2 Å². The van der Waals surface area contributed by atoms with Gasteiger partial charge in [-0.15, -0.1) is 0 Å². The molecule has 168 valence electrons. The molecule has 0 aromatic heterocycles. The van der Waals surface area contributed by atoms with E-state index in [4.69, 9.17) is 9.47 Å². The number of carbonyl (C=O) groups is 2. The van der Waals surface area contributed by atoms with Crippen LogP contribution in [0.15, 0.2) is 46.8 Å². The fourth-order valence-electron chi connectivity index (χ4n) is 4.34. The number of benzene rings is 1. The van der Waals surface area contributed by atoms with Crippen LogP contribution in [0.25, 0.3) is 0 Å². The molecule has 31 heavy (non-hydrogen) atoms. The van der Waals surface area contributed by atoms with E-state index in [1.165, 1.54) is 0 Å². The molecule has 0 bridgehead atoms. The van der Waals surface area contributed by atoms with E-state index in [0.29, 0.717) is 30.8 Å². The Hall–Kier alpha value is -2.56. The van der Waals surface area contributed by atoms with E-state index >= 15 is 0 Å². The van der Waals surface area contributed by atoms with Crippen molar-refractivity contribution in [3.05, 3.63) is 52.4 Å². The number of carbonyl (C=O) groups excluding carboxylic acids is 2. The second-order valence-corrected chi connectivity index (χ2v) is 8.35. The first kappa shape index (κ1) is 23.1. The van der Waals surface area contributed by atoms with Crippen LogP contribution in [0.3, 0.4) is 0 Å². The first-order valence-electron chi connectivity index (χ1n) is 11.7. The molecule has 1 aromatic carbocycles. The molecule has 1 heterocycles. The van der Waals surface area contributed by atoms with Crippen molar-refractivity contribution in [1.29, 1.82) is 0 Å². The van der Waals surface area contributed by atoms with Crippen molar-refractivity contribution in [2.75, 3.05) is 13.2 Å². The molecular weight excluding hydrogens is 390 g/mol. The average Bonchev–Trinajstić information content (AvgIpc) is 2.76. The van der Waals surface area contributed by atoms with E-state index in [9.17, 15) is 9.59 Å². The normalized spacial score (nSPS) is 18.5. The zero-order valence-corrected chi connectivity index (χ0v) is 19.1. The van der Waals surface area contributed by atoms with Crippen LogP contribution in [0.2, 0.25) is 0 Å². The van der Waals surface area contributed by atoms with E-state index < -0.39 is 5.92 Å². The maximum absolute atomic E-state index is 13.2. The lowest BCUT2D eigenvalue weighted by molar-refractivity contribution is -0.139. The number of hydrogen-bond acceptors (Lipinski definition) is 5. The lowest BCUT2D eigenvalue weighted by Gasteiger charge is -2.34.